The number of hydrogen-bond donors (Lipinski definition) is 2. The molecule has 0 aliphatic heterocycles. The monoisotopic (exact) mass is 270 g/mol. The quantitative estimate of drug-likeness (QED) is 0.469. The molecule has 0 saturated carbocycles. The van der Waals surface area contributed by atoms with Crippen LogP contribution in [0.5, 0.6) is 0 Å². The van der Waals surface area contributed by atoms with Gasteiger partial charge in [-0.1, -0.05) is 11.8 Å². The fourth-order valence-corrected chi connectivity index (χ4v) is 2.01. The highest BCUT2D eigenvalue weighted by Gasteiger charge is 2.20. The lowest BCUT2D eigenvalue weighted by atomic mass is 10.2. The molecular formula is C10H10N2O5S. The smallest absolute Gasteiger partial charge is 0.342 e. The standard InChI is InChI=1S/C10H10N2O5S/c1-11-5-9(13)18-6-2-3-8(12(16)17)7(4-6)10(14)15/h2-4,11H,5H2,1H3,(H,14,15). The minimum absolute atomic E-state index is 0.129. The van der Waals surface area contributed by atoms with Crippen LogP contribution in [0, 0.1) is 10.1 Å². The molecule has 18 heavy (non-hydrogen) atoms. The fourth-order valence-electron chi connectivity index (χ4n) is 1.22. The number of likely N-dealkylation sites (N-methyl/N-ethyl adjacent to an activating group) is 1. The molecule has 0 amide bonds. The molecule has 0 aliphatic carbocycles. The third-order valence-electron chi connectivity index (χ3n) is 1.95. The Morgan fingerprint density at radius 1 is 1.50 bits per heavy atom. The molecule has 2 N–H and O–H groups in total. The fraction of sp³-hybridized carbons (Fsp3) is 0.200. The molecule has 0 unspecified atom stereocenters. The maximum Gasteiger partial charge on any atom is 0.342 e. The number of carbonyl (C=O) groups is 2. The van der Waals surface area contributed by atoms with Gasteiger partial charge in [0.15, 0.2) is 0 Å². The number of hydrogen-bond acceptors (Lipinski definition) is 6. The summed E-state index contributed by atoms with van der Waals surface area (Å²) in [5.41, 5.74) is -0.921. The molecule has 0 spiro atoms. The Hall–Kier alpha value is -1.93. The number of carboxylic acids is 1. The van der Waals surface area contributed by atoms with Gasteiger partial charge in [0.05, 0.1) is 11.5 Å². The Balaban J connectivity index is 3.04. The summed E-state index contributed by atoms with van der Waals surface area (Å²) in [4.78, 5) is 32.4. The first kappa shape index (κ1) is 14.1. The largest absolute Gasteiger partial charge is 0.477 e. The van der Waals surface area contributed by atoms with Gasteiger partial charge in [-0.25, -0.2) is 4.79 Å². The summed E-state index contributed by atoms with van der Waals surface area (Å²) in [7, 11) is 1.61. The van der Waals surface area contributed by atoms with Crippen molar-refractivity contribution in [3.8, 4) is 0 Å². The van der Waals surface area contributed by atoms with Gasteiger partial charge >= 0.3 is 5.97 Å². The summed E-state index contributed by atoms with van der Waals surface area (Å²) in [5, 5.41) is 21.9. The van der Waals surface area contributed by atoms with E-state index in [-0.39, 0.29) is 11.7 Å². The van der Waals surface area contributed by atoms with Gasteiger partial charge in [0.1, 0.15) is 5.56 Å². The van der Waals surface area contributed by atoms with E-state index in [0.29, 0.717) is 4.90 Å². The van der Waals surface area contributed by atoms with Crippen LogP contribution in [0.4, 0.5) is 5.69 Å². The highest BCUT2D eigenvalue weighted by atomic mass is 32.2. The van der Waals surface area contributed by atoms with Crippen LogP contribution in [-0.2, 0) is 4.79 Å². The summed E-state index contributed by atoms with van der Waals surface area (Å²) in [5.74, 6) is -1.40. The Morgan fingerprint density at radius 2 is 2.17 bits per heavy atom. The molecule has 0 aliphatic rings. The van der Waals surface area contributed by atoms with E-state index in [9.17, 15) is 19.7 Å². The lowest BCUT2D eigenvalue weighted by molar-refractivity contribution is -0.385. The van der Waals surface area contributed by atoms with Gasteiger partial charge in [0, 0.05) is 11.0 Å². The van der Waals surface area contributed by atoms with E-state index >= 15 is 0 Å². The van der Waals surface area contributed by atoms with Gasteiger partial charge in [0.2, 0.25) is 5.12 Å². The third-order valence-corrected chi connectivity index (χ3v) is 2.81. The molecule has 0 atom stereocenters. The highest BCUT2D eigenvalue weighted by Crippen LogP contribution is 2.26. The van der Waals surface area contributed by atoms with E-state index < -0.39 is 22.1 Å². The second-order valence-corrected chi connectivity index (χ2v) is 4.38. The summed E-state index contributed by atoms with van der Waals surface area (Å²) in [6.07, 6.45) is 0. The number of carboxylic acid groups (broad SMARTS) is 1. The van der Waals surface area contributed by atoms with Gasteiger partial charge < -0.3 is 10.4 Å². The van der Waals surface area contributed by atoms with E-state index in [1.165, 1.54) is 6.07 Å². The third kappa shape index (κ3) is 3.54. The molecule has 1 rings (SSSR count). The zero-order chi connectivity index (χ0) is 13.7. The van der Waals surface area contributed by atoms with Crippen molar-refractivity contribution in [1.82, 2.24) is 5.32 Å². The minimum atomic E-state index is -1.40. The summed E-state index contributed by atoms with van der Waals surface area (Å²) >= 11 is 0.833. The number of benzene rings is 1. The second kappa shape index (κ2) is 6.12. The number of rotatable bonds is 5. The van der Waals surface area contributed by atoms with Crippen LogP contribution in [0.1, 0.15) is 10.4 Å². The lowest BCUT2D eigenvalue weighted by Gasteiger charge is -2.02. The van der Waals surface area contributed by atoms with Gasteiger partial charge in [-0.2, -0.15) is 0 Å². The predicted octanol–water partition coefficient (Wildman–Crippen LogP) is 1.13. The summed E-state index contributed by atoms with van der Waals surface area (Å²) < 4.78 is 0. The Kier molecular flexibility index (Phi) is 4.81. The van der Waals surface area contributed by atoms with Crippen molar-refractivity contribution in [3.63, 3.8) is 0 Å². The highest BCUT2D eigenvalue weighted by molar-refractivity contribution is 8.13. The average Bonchev–Trinajstić information content (AvgIpc) is 2.28. The van der Waals surface area contributed by atoms with Crippen molar-refractivity contribution in [3.05, 3.63) is 33.9 Å². The number of carbonyl (C=O) groups excluding carboxylic acids is 1. The second-order valence-electron chi connectivity index (χ2n) is 3.25. The van der Waals surface area contributed by atoms with Gasteiger partial charge in [-0.3, -0.25) is 14.9 Å². The van der Waals surface area contributed by atoms with Crippen LogP contribution in [0.2, 0.25) is 0 Å². The first-order valence-electron chi connectivity index (χ1n) is 4.82. The van der Waals surface area contributed by atoms with E-state index in [0.717, 1.165) is 23.9 Å². The van der Waals surface area contributed by atoms with Gasteiger partial charge in [-0.05, 0) is 19.2 Å². The Morgan fingerprint density at radius 3 is 2.67 bits per heavy atom. The number of nitrogens with one attached hydrogen (secondary N) is 1. The average molecular weight is 270 g/mol. The summed E-state index contributed by atoms with van der Waals surface area (Å²) in [6, 6.07) is 3.56. The van der Waals surface area contributed by atoms with Crippen molar-refractivity contribution in [2.45, 2.75) is 4.90 Å². The van der Waals surface area contributed by atoms with Crippen LogP contribution >= 0.6 is 11.8 Å². The lowest BCUT2D eigenvalue weighted by Crippen LogP contribution is -2.15. The Labute approximate surface area is 106 Å². The van der Waals surface area contributed by atoms with Crippen molar-refractivity contribution in [1.29, 1.82) is 0 Å². The minimum Gasteiger partial charge on any atom is -0.477 e. The van der Waals surface area contributed by atoms with Crippen molar-refractivity contribution >= 4 is 28.5 Å². The van der Waals surface area contributed by atoms with Gasteiger partial charge in [0.25, 0.3) is 5.69 Å². The van der Waals surface area contributed by atoms with Crippen molar-refractivity contribution < 1.29 is 19.6 Å². The molecule has 1 aromatic rings. The number of nitro groups is 1. The van der Waals surface area contributed by atoms with E-state index in [1.807, 2.05) is 0 Å². The molecule has 1 aromatic carbocycles. The number of nitro benzene ring substituents is 1. The number of aromatic carboxylic acids is 1. The molecule has 0 saturated heterocycles. The van der Waals surface area contributed by atoms with E-state index in [2.05, 4.69) is 5.32 Å². The normalized spacial score (nSPS) is 10.1. The van der Waals surface area contributed by atoms with Crippen molar-refractivity contribution in [2.75, 3.05) is 13.6 Å². The van der Waals surface area contributed by atoms with Gasteiger partial charge in [-0.15, -0.1) is 0 Å². The maximum absolute atomic E-state index is 11.3. The Bertz CT molecular complexity index is 503. The molecule has 8 heteroatoms. The zero-order valence-corrected chi connectivity index (χ0v) is 10.2. The zero-order valence-electron chi connectivity index (χ0n) is 9.37. The van der Waals surface area contributed by atoms with Crippen molar-refractivity contribution in [2.24, 2.45) is 0 Å². The molecule has 0 aromatic heterocycles. The summed E-state index contributed by atoms with van der Waals surface area (Å²) in [6.45, 7) is 0.129. The number of thioether (sulfide) groups is 1. The molecule has 0 fully saturated rings. The van der Waals surface area contributed by atoms with Crippen LogP contribution < -0.4 is 5.32 Å². The maximum atomic E-state index is 11.3. The molecular weight excluding hydrogens is 260 g/mol. The van der Waals surface area contributed by atoms with Crippen LogP contribution in [0.25, 0.3) is 0 Å². The van der Waals surface area contributed by atoms with E-state index in [4.69, 9.17) is 5.11 Å². The topological polar surface area (TPSA) is 110 Å². The SMILES string of the molecule is CNCC(=O)Sc1ccc([N+](=O)[O-])c(C(=O)O)c1. The first-order valence-corrected chi connectivity index (χ1v) is 5.64. The molecule has 0 bridgehead atoms. The molecule has 7 nitrogen and oxygen atoms in total. The van der Waals surface area contributed by atoms with E-state index in [1.54, 1.807) is 7.05 Å². The predicted molar refractivity (Wildman–Crippen MR) is 64.8 cm³/mol. The number of nitrogens with zero attached hydrogens (tertiary/aromatic N) is 1. The molecule has 0 heterocycles. The van der Waals surface area contributed by atoms with Crippen LogP contribution in [0.15, 0.2) is 23.1 Å². The first-order chi connectivity index (χ1) is 8.45. The van der Waals surface area contributed by atoms with Crippen LogP contribution in [-0.4, -0.2) is 34.7 Å². The molecule has 0 radical (unpaired) electrons. The van der Waals surface area contributed by atoms with Crippen LogP contribution in [0.3, 0.4) is 0 Å². The molecule has 96 valence electrons.